The Morgan fingerprint density at radius 2 is 1.74 bits per heavy atom. The van der Waals surface area contributed by atoms with E-state index in [1.807, 2.05) is 0 Å². The van der Waals surface area contributed by atoms with Crippen LogP contribution in [-0.4, -0.2) is 53.4 Å². The number of hydrogen-bond acceptors (Lipinski definition) is 4. The normalized spacial score (nSPS) is 30.6. The summed E-state index contributed by atoms with van der Waals surface area (Å²) in [5.41, 5.74) is 0. The molecule has 2 fully saturated rings. The highest BCUT2D eigenvalue weighted by molar-refractivity contribution is 7.94. The van der Waals surface area contributed by atoms with Crippen molar-refractivity contribution in [2.45, 2.75) is 36.0 Å². The van der Waals surface area contributed by atoms with Gasteiger partial charge in [-0.1, -0.05) is 18.5 Å². The van der Waals surface area contributed by atoms with E-state index in [0.717, 1.165) is 25.9 Å². The monoisotopic (exact) mass is 375 g/mol. The van der Waals surface area contributed by atoms with E-state index in [-0.39, 0.29) is 16.7 Å². The summed E-state index contributed by atoms with van der Waals surface area (Å²) in [7, 11) is -4.56. The average molecular weight is 376 g/mol. The second kappa shape index (κ2) is 6.82. The number of rotatable bonds is 3. The molecule has 2 heterocycles. The molecule has 2 saturated heterocycles. The van der Waals surface area contributed by atoms with Crippen LogP contribution < -0.4 is 0 Å². The van der Waals surface area contributed by atoms with Crippen LogP contribution in [0.4, 0.5) is 0 Å². The molecule has 2 aliphatic rings. The van der Waals surface area contributed by atoms with Gasteiger partial charge in [0.25, 0.3) is 0 Å². The van der Waals surface area contributed by atoms with Gasteiger partial charge < -0.3 is 0 Å². The first-order valence-electron chi connectivity index (χ1n) is 7.96. The Morgan fingerprint density at radius 1 is 1.13 bits per heavy atom. The molecule has 1 unspecified atom stereocenters. The smallest absolute Gasteiger partial charge is 0.183 e. The molecular formula is C16H22ClNO3S2. The summed E-state index contributed by atoms with van der Waals surface area (Å²) in [6.07, 6.45) is 2.16. The van der Waals surface area contributed by atoms with Gasteiger partial charge in [-0.05, 0) is 56.1 Å². The van der Waals surface area contributed by atoms with Crippen LogP contribution in [0, 0.1) is 5.92 Å². The lowest BCUT2D eigenvalue weighted by atomic mass is 9.98. The minimum Gasteiger partial charge on any atom is -0.298 e. The molecule has 4 nitrogen and oxygen atoms in total. The molecule has 0 bridgehead atoms. The lowest BCUT2D eigenvalue weighted by Crippen LogP contribution is -2.49. The fourth-order valence-electron chi connectivity index (χ4n) is 3.46. The standard InChI is InChI=1S/C16H22ClNO3S2/c1-12-6-8-18(9-7-12)15-10-22(19)11-16(15)23(20,21)14-4-2-13(17)3-5-14/h2-5,12,15-16H,6-11H2,1H3/t15-,16-,22?/m0/s1. The van der Waals surface area contributed by atoms with Crippen LogP contribution >= 0.6 is 11.6 Å². The Labute approximate surface area is 145 Å². The molecule has 0 spiro atoms. The predicted molar refractivity (Wildman–Crippen MR) is 94.1 cm³/mol. The molecule has 23 heavy (non-hydrogen) atoms. The van der Waals surface area contributed by atoms with Gasteiger partial charge in [0.2, 0.25) is 0 Å². The third kappa shape index (κ3) is 3.65. The van der Waals surface area contributed by atoms with Crippen molar-refractivity contribution < 1.29 is 12.6 Å². The van der Waals surface area contributed by atoms with E-state index >= 15 is 0 Å². The van der Waals surface area contributed by atoms with Crippen molar-refractivity contribution >= 4 is 32.2 Å². The van der Waals surface area contributed by atoms with Crippen molar-refractivity contribution in [3.8, 4) is 0 Å². The minimum absolute atomic E-state index is 0.135. The van der Waals surface area contributed by atoms with Crippen molar-refractivity contribution in [1.29, 1.82) is 0 Å². The number of halogens is 1. The van der Waals surface area contributed by atoms with E-state index in [9.17, 15) is 12.6 Å². The molecule has 2 aliphatic heterocycles. The summed E-state index contributed by atoms with van der Waals surface area (Å²) >= 11 is 5.86. The SMILES string of the molecule is CC1CCN([C@H]2CS(=O)C[C@@H]2S(=O)(=O)c2ccc(Cl)cc2)CC1. The Bertz CT molecular complexity index is 682. The Morgan fingerprint density at radius 3 is 2.35 bits per heavy atom. The topological polar surface area (TPSA) is 54.5 Å². The second-order valence-electron chi connectivity index (χ2n) is 6.60. The number of hydrogen-bond donors (Lipinski definition) is 0. The molecule has 1 aromatic carbocycles. The number of benzene rings is 1. The van der Waals surface area contributed by atoms with Gasteiger partial charge in [0.1, 0.15) is 0 Å². The van der Waals surface area contributed by atoms with Crippen LogP contribution in [-0.2, 0) is 20.6 Å². The highest BCUT2D eigenvalue weighted by Gasteiger charge is 2.45. The lowest BCUT2D eigenvalue weighted by molar-refractivity contribution is 0.151. The number of sulfone groups is 1. The van der Waals surface area contributed by atoms with E-state index in [2.05, 4.69) is 11.8 Å². The summed E-state index contributed by atoms with van der Waals surface area (Å²) in [5.74, 6) is 1.39. The molecule has 0 saturated carbocycles. The molecule has 0 radical (unpaired) electrons. The quantitative estimate of drug-likeness (QED) is 0.813. The molecule has 7 heteroatoms. The summed E-state index contributed by atoms with van der Waals surface area (Å²) in [4.78, 5) is 2.52. The number of likely N-dealkylation sites (tertiary alicyclic amines) is 1. The van der Waals surface area contributed by atoms with Gasteiger partial charge in [-0.3, -0.25) is 9.11 Å². The Balaban J connectivity index is 1.86. The van der Waals surface area contributed by atoms with Crippen molar-refractivity contribution in [2.75, 3.05) is 24.6 Å². The third-order valence-corrected chi connectivity index (χ3v) is 9.08. The molecular weight excluding hydrogens is 354 g/mol. The van der Waals surface area contributed by atoms with E-state index in [1.54, 1.807) is 24.3 Å². The van der Waals surface area contributed by atoms with Crippen molar-refractivity contribution in [3.63, 3.8) is 0 Å². The zero-order valence-electron chi connectivity index (χ0n) is 13.2. The summed E-state index contributed by atoms with van der Waals surface area (Å²) < 4.78 is 38.1. The van der Waals surface area contributed by atoms with Gasteiger partial charge in [-0.2, -0.15) is 0 Å². The van der Waals surface area contributed by atoms with Gasteiger partial charge in [0, 0.05) is 33.4 Å². The molecule has 1 aromatic rings. The zero-order chi connectivity index (χ0) is 16.6. The predicted octanol–water partition coefficient (Wildman–Crippen LogP) is 2.35. The maximum atomic E-state index is 13.0. The van der Waals surface area contributed by atoms with Crippen molar-refractivity contribution in [3.05, 3.63) is 29.3 Å². The maximum Gasteiger partial charge on any atom is 0.183 e. The number of piperidine rings is 1. The third-order valence-electron chi connectivity index (χ3n) is 4.96. The first kappa shape index (κ1) is 17.4. The zero-order valence-corrected chi connectivity index (χ0v) is 15.5. The van der Waals surface area contributed by atoms with E-state index < -0.39 is 25.9 Å². The Hall–Kier alpha value is -0.430. The van der Waals surface area contributed by atoms with Gasteiger partial charge in [-0.15, -0.1) is 0 Å². The van der Waals surface area contributed by atoms with Crippen molar-refractivity contribution in [2.24, 2.45) is 5.92 Å². The highest BCUT2D eigenvalue weighted by Crippen LogP contribution is 2.30. The average Bonchev–Trinajstić information content (AvgIpc) is 2.91. The van der Waals surface area contributed by atoms with Gasteiger partial charge in [-0.25, -0.2) is 8.42 Å². The fourth-order valence-corrected chi connectivity index (χ4v) is 7.97. The van der Waals surface area contributed by atoms with E-state index in [4.69, 9.17) is 11.6 Å². The first-order valence-corrected chi connectivity index (χ1v) is 11.4. The van der Waals surface area contributed by atoms with Crippen LogP contribution in [0.2, 0.25) is 5.02 Å². The molecule has 3 rings (SSSR count). The molecule has 0 aliphatic carbocycles. The molecule has 0 aromatic heterocycles. The van der Waals surface area contributed by atoms with Crippen LogP contribution in [0.15, 0.2) is 29.2 Å². The first-order chi connectivity index (χ1) is 10.9. The van der Waals surface area contributed by atoms with Crippen LogP contribution in [0.1, 0.15) is 19.8 Å². The van der Waals surface area contributed by atoms with Crippen LogP contribution in [0.25, 0.3) is 0 Å². The summed E-state index contributed by atoms with van der Waals surface area (Å²) in [5, 5.41) is -0.0709. The van der Waals surface area contributed by atoms with Gasteiger partial charge in [0.05, 0.1) is 10.1 Å². The van der Waals surface area contributed by atoms with Crippen LogP contribution in [0.5, 0.6) is 0 Å². The second-order valence-corrected chi connectivity index (χ2v) is 10.7. The summed E-state index contributed by atoms with van der Waals surface area (Å²) in [6.45, 7) is 4.03. The summed E-state index contributed by atoms with van der Waals surface area (Å²) in [6, 6.07) is 6.15. The molecule has 0 amide bonds. The maximum absolute atomic E-state index is 13.0. The lowest BCUT2D eigenvalue weighted by Gasteiger charge is -2.36. The minimum atomic E-state index is -3.49. The van der Waals surface area contributed by atoms with E-state index in [0.29, 0.717) is 16.7 Å². The van der Waals surface area contributed by atoms with Gasteiger partial charge in [0.15, 0.2) is 9.84 Å². The fraction of sp³-hybridized carbons (Fsp3) is 0.625. The Kier molecular flexibility index (Phi) is 5.16. The largest absolute Gasteiger partial charge is 0.298 e. The molecule has 0 N–H and O–H groups in total. The van der Waals surface area contributed by atoms with E-state index in [1.165, 1.54) is 0 Å². The highest BCUT2D eigenvalue weighted by atomic mass is 35.5. The molecule has 128 valence electrons. The number of nitrogens with zero attached hydrogens (tertiary/aromatic N) is 1. The molecule has 3 atom stereocenters. The van der Waals surface area contributed by atoms with Crippen LogP contribution in [0.3, 0.4) is 0 Å². The van der Waals surface area contributed by atoms with Crippen molar-refractivity contribution in [1.82, 2.24) is 4.90 Å². The van der Waals surface area contributed by atoms with Gasteiger partial charge >= 0.3 is 0 Å².